The Morgan fingerprint density at radius 1 is 1.42 bits per heavy atom. The third-order valence-corrected chi connectivity index (χ3v) is 4.90. The molecule has 0 saturated heterocycles. The van der Waals surface area contributed by atoms with Crippen LogP contribution in [0, 0.1) is 13.8 Å². The van der Waals surface area contributed by atoms with Crippen LogP contribution in [0.4, 0.5) is 0 Å². The maximum atomic E-state index is 6.21. The summed E-state index contributed by atoms with van der Waals surface area (Å²) in [6, 6.07) is 0.151. The van der Waals surface area contributed by atoms with Gasteiger partial charge in [0, 0.05) is 46.5 Å². The van der Waals surface area contributed by atoms with E-state index in [1.165, 1.54) is 6.42 Å². The molecule has 0 aliphatic rings. The number of nitrogens with two attached hydrogens (primary N) is 1. The third-order valence-electron chi connectivity index (χ3n) is 3.38. The molecule has 0 aliphatic carbocycles. The molecule has 0 radical (unpaired) electrons. The van der Waals surface area contributed by atoms with Gasteiger partial charge in [0.25, 0.3) is 0 Å². The summed E-state index contributed by atoms with van der Waals surface area (Å²) in [6.07, 6.45) is 3.87. The number of thioether (sulfide) groups is 1. The lowest BCUT2D eigenvalue weighted by molar-refractivity contribution is 0.406. The summed E-state index contributed by atoms with van der Waals surface area (Å²) in [6.45, 7) is 8.53. The predicted octanol–water partition coefficient (Wildman–Crippen LogP) is 3.11. The number of methoxy groups -OCH3 is 1. The molecule has 0 bridgehead atoms. The summed E-state index contributed by atoms with van der Waals surface area (Å²) < 4.78 is 5.43. The quantitative estimate of drug-likeness (QED) is 0.835. The fourth-order valence-electron chi connectivity index (χ4n) is 1.99. The fourth-order valence-corrected chi connectivity index (χ4v) is 2.92. The van der Waals surface area contributed by atoms with Crippen molar-refractivity contribution in [2.45, 2.75) is 51.8 Å². The van der Waals surface area contributed by atoms with Crippen LogP contribution in [0.1, 0.15) is 37.1 Å². The van der Waals surface area contributed by atoms with Crippen LogP contribution in [-0.4, -0.2) is 29.1 Å². The van der Waals surface area contributed by atoms with Gasteiger partial charge in [0.1, 0.15) is 5.75 Å². The van der Waals surface area contributed by atoms with Crippen molar-refractivity contribution in [2.24, 2.45) is 5.73 Å². The second-order valence-electron chi connectivity index (χ2n) is 5.06. The van der Waals surface area contributed by atoms with E-state index in [2.05, 4.69) is 25.8 Å². The second-order valence-corrected chi connectivity index (χ2v) is 6.53. The average molecular weight is 282 g/mol. The van der Waals surface area contributed by atoms with Crippen LogP contribution in [-0.2, 0) is 6.42 Å². The van der Waals surface area contributed by atoms with Crippen LogP contribution in [0.3, 0.4) is 0 Å². The highest BCUT2D eigenvalue weighted by Crippen LogP contribution is 2.25. The Bertz CT molecular complexity index is 409. The smallest absolute Gasteiger partial charge is 0.128 e. The van der Waals surface area contributed by atoms with E-state index in [9.17, 15) is 0 Å². The first kappa shape index (κ1) is 16.3. The van der Waals surface area contributed by atoms with E-state index in [4.69, 9.17) is 10.5 Å². The fraction of sp³-hybridized carbons (Fsp3) is 0.667. The summed E-state index contributed by atoms with van der Waals surface area (Å²) in [5.41, 5.74) is 9.45. The molecule has 1 heterocycles. The van der Waals surface area contributed by atoms with E-state index >= 15 is 0 Å². The molecular weight excluding hydrogens is 256 g/mol. The second kappa shape index (κ2) is 7.75. The van der Waals surface area contributed by atoms with Gasteiger partial charge in [-0.1, -0.05) is 13.8 Å². The Kier molecular flexibility index (Phi) is 6.66. The van der Waals surface area contributed by atoms with Gasteiger partial charge in [-0.25, -0.2) is 0 Å². The first-order valence-electron chi connectivity index (χ1n) is 6.85. The van der Waals surface area contributed by atoms with Crippen molar-refractivity contribution in [2.75, 3.05) is 12.9 Å². The summed E-state index contributed by atoms with van der Waals surface area (Å²) in [7, 11) is 1.71. The van der Waals surface area contributed by atoms with Gasteiger partial charge in [0.15, 0.2) is 0 Å². The molecule has 0 amide bonds. The summed E-state index contributed by atoms with van der Waals surface area (Å²) in [5, 5.41) is 0.674. The highest BCUT2D eigenvalue weighted by molar-refractivity contribution is 7.99. The standard InChI is InChI=1S/C15H26N2OS/c1-6-11(3)19-9-13(16)7-14-12(4)15(18-5)10(2)8-17-14/h8,11,13H,6-7,9,16H2,1-5H3. The monoisotopic (exact) mass is 282 g/mol. The molecular formula is C15H26N2OS. The number of nitrogens with zero attached hydrogens (tertiary/aromatic N) is 1. The molecule has 0 fully saturated rings. The molecule has 2 atom stereocenters. The zero-order valence-electron chi connectivity index (χ0n) is 12.7. The van der Waals surface area contributed by atoms with Crippen LogP contribution in [0.5, 0.6) is 5.75 Å². The Morgan fingerprint density at radius 3 is 2.68 bits per heavy atom. The van der Waals surface area contributed by atoms with Crippen LogP contribution in [0.15, 0.2) is 6.20 Å². The van der Waals surface area contributed by atoms with Crippen molar-refractivity contribution in [3.63, 3.8) is 0 Å². The van der Waals surface area contributed by atoms with E-state index in [1.54, 1.807) is 7.11 Å². The van der Waals surface area contributed by atoms with Crippen LogP contribution in [0.25, 0.3) is 0 Å². The van der Waals surface area contributed by atoms with Gasteiger partial charge >= 0.3 is 0 Å². The first-order chi connectivity index (χ1) is 8.99. The van der Waals surface area contributed by atoms with Gasteiger partial charge in [-0.3, -0.25) is 4.98 Å². The Hall–Kier alpha value is -0.740. The molecule has 3 nitrogen and oxygen atoms in total. The molecule has 1 aromatic rings. The molecule has 2 N–H and O–H groups in total. The molecule has 0 saturated carbocycles. The van der Waals surface area contributed by atoms with Crippen molar-refractivity contribution in [1.82, 2.24) is 4.98 Å². The molecule has 4 heteroatoms. The minimum absolute atomic E-state index is 0.151. The van der Waals surface area contributed by atoms with Gasteiger partial charge < -0.3 is 10.5 Å². The molecule has 108 valence electrons. The van der Waals surface area contributed by atoms with E-state index in [0.29, 0.717) is 5.25 Å². The molecule has 1 aromatic heterocycles. The Morgan fingerprint density at radius 2 is 2.11 bits per heavy atom. The number of aryl methyl sites for hydroxylation is 1. The van der Waals surface area contributed by atoms with E-state index in [-0.39, 0.29) is 6.04 Å². The Balaban J connectivity index is 2.67. The number of hydrogen-bond donors (Lipinski definition) is 1. The molecule has 2 unspecified atom stereocenters. The van der Waals surface area contributed by atoms with Crippen LogP contribution in [0.2, 0.25) is 0 Å². The number of aromatic nitrogens is 1. The largest absolute Gasteiger partial charge is 0.496 e. The van der Waals surface area contributed by atoms with Crippen molar-refractivity contribution in [1.29, 1.82) is 0 Å². The van der Waals surface area contributed by atoms with Gasteiger partial charge in [-0.05, 0) is 20.3 Å². The summed E-state index contributed by atoms with van der Waals surface area (Å²) in [5.74, 6) is 1.92. The van der Waals surface area contributed by atoms with Gasteiger partial charge in [0.05, 0.1) is 7.11 Å². The number of hydrogen-bond acceptors (Lipinski definition) is 4. The van der Waals surface area contributed by atoms with Gasteiger partial charge in [-0.2, -0.15) is 11.8 Å². The lowest BCUT2D eigenvalue weighted by atomic mass is 10.1. The molecule has 19 heavy (non-hydrogen) atoms. The molecule has 0 spiro atoms. The highest BCUT2D eigenvalue weighted by atomic mass is 32.2. The number of ether oxygens (including phenoxy) is 1. The first-order valence-corrected chi connectivity index (χ1v) is 7.90. The van der Waals surface area contributed by atoms with Crippen LogP contribution < -0.4 is 10.5 Å². The number of rotatable bonds is 7. The van der Waals surface area contributed by atoms with E-state index < -0.39 is 0 Å². The van der Waals surface area contributed by atoms with Gasteiger partial charge in [-0.15, -0.1) is 0 Å². The maximum Gasteiger partial charge on any atom is 0.128 e. The predicted molar refractivity (Wildman–Crippen MR) is 84.2 cm³/mol. The molecule has 0 aliphatic heterocycles. The topological polar surface area (TPSA) is 48.1 Å². The zero-order chi connectivity index (χ0) is 14.4. The molecule has 1 rings (SSSR count). The van der Waals surface area contributed by atoms with Gasteiger partial charge in [0.2, 0.25) is 0 Å². The lowest BCUT2D eigenvalue weighted by Gasteiger charge is -2.17. The van der Waals surface area contributed by atoms with Crippen molar-refractivity contribution in [3.05, 3.63) is 23.0 Å². The normalized spacial score (nSPS) is 14.2. The maximum absolute atomic E-state index is 6.21. The SMILES string of the molecule is CCC(C)SCC(N)Cc1ncc(C)c(OC)c1C. The van der Waals surface area contributed by atoms with Crippen molar-refractivity contribution >= 4 is 11.8 Å². The minimum Gasteiger partial charge on any atom is -0.496 e. The molecule has 0 aromatic carbocycles. The Labute approximate surface area is 121 Å². The van der Waals surface area contributed by atoms with E-state index in [0.717, 1.165) is 34.7 Å². The zero-order valence-corrected chi connectivity index (χ0v) is 13.5. The third kappa shape index (κ3) is 4.69. The van der Waals surface area contributed by atoms with E-state index in [1.807, 2.05) is 24.9 Å². The minimum atomic E-state index is 0.151. The average Bonchev–Trinajstić information content (AvgIpc) is 2.40. The van der Waals surface area contributed by atoms with Crippen LogP contribution >= 0.6 is 11.8 Å². The summed E-state index contributed by atoms with van der Waals surface area (Å²) >= 11 is 1.94. The van der Waals surface area contributed by atoms with Crippen molar-refractivity contribution in [3.8, 4) is 5.75 Å². The van der Waals surface area contributed by atoms with Crippen molar-refractivity contribution < 1.29 is 4.74 Å². The lowest BCUT2D eigenvalue weighted by Crippen LogP contribution is -2.27. The number of pyridine rings is 1. The highest BCUT2D eigenvalue weighted by Gasteiger charge is 2.13. The summed E-state index contributed by atoms with van der Waals surface area (Å²) in [4.78, 5) is 4.50.